The van der Waals surface area contributed by atoms with Gasteiger partial charge in [0.15, 0.2) is 0 Å². The first-order chi connectivity index (χ1) is 19.3. The number of hydrogen-bond donors (Lipinski definition) is 1. The van der Waals surface area contributed by atoms with Crippen LogP contribution >= 0.6 is 0 Å². The van der Waals surface area contributed by atoms with Gasteiger partial charge in [-0.3, -0.25) is 13.9 Å². The minimum atomic E-state index is -4.11. The molecule has 0 aliphatic rings. The summed E-state index contributed by atoms with van der Waals surface area (Å²) in [6.45, 7) is 13.7. The van der Waals surface area contributed by atoms with E-state index in [9.17, 15) is 18.0 Å². The predicted molar refractivity (Wildman–Crippen MR) is 165 cm³/mol. The normalized spacial score (nSPS) is 12.2. The van der Waals surface area contributed by atoms with Crippen molar-refractivity contribution in [3.8, 4) is 0 Å². The van der Waals surface area contributed by atoms with Crippen molar-refractivity contribution in [2.24, 2.45) is 5.92 Å². The second-order valence-corrected chi connectivity index (χ2v) is 13.0. The molecule has 0 saturated heterocycles. The Morgan fingerprint density at radius 3 is 1.95 bits per heavy atom. The third-order valence-electron chi connectivity index (χ3n) is 7.07. The van der Waals surface area contributed by atoms with Gasteiger partial charge in [-0.05, 0) is 74.9 Å². The van der Waals surface area contributed by atoms with Gasteiger partial charge in [0.2, 0.25) is 11.8 Å². The number of anilines is 1. The summed E-state index contributed by atoms with van der Waals surface area (Å²) in [6, 6.07) is 19.2. The van der Waals surface area contributed by atoms with Crippen LogP contribution in [0.4, 0.5) is 5.69 Å². The van der Waals surface area contributed by atoms with E-state index in [1.54, 1.807) is 30.3 Å². The number of nitrogens with zero attached hydrogens (tertiary/aromatic N) is 2. The SMILES string of the molecule is CC[C@H](C(=O)NCC(C)C)N(Cc1ccc(C)cc1)C(=O)CN(c1cc(C)ccc1C)S(=O)(=O)c1ccc(C)cc1. The number of sulfonamides is 1. The van der Waals surface area contributed by atoms with Gasteiger partial charge in [-0.15, -0.1) is 0 Å². The third-order valence-corrected chi connectivity index (χ3v) is 8.84. The minimum Gasteiger partial charge on any atom is -0.354 e. The molecule has 0 aromatic heterocycles. The van der Waals surface area contributed by atoms with E-state index in [0.29, 0.717) is 18.7 Å². The summed E-state index contributed by atoms with van der Waals surface area (Å²) in [4.78, 5) is 29.2. The molecule has 8 heteroatoms. The lowest BCUT2D eigenvalue weighted by atomic mass is 10.1. The third kappa shape index (κ3) is 8.19. The lowest BCUT2D eigenvalue weighted by Gasteiger charge is -2.34. The Hall–Kier alpha value is -3.65. The van der Waals surface area contributed by atoms with Crippen molar-refractivity contribution in [1.82, 2.24) is 10.2 Å². The van der Waals surface area contributed by atoms with E-state index in [2.05, 4.69) is 5.32 Å². The first kappa shape index (κ1) is 31.9. The van der Waals surface area contributed by atoms with Crippen molar-refractivity contribution in [2.45, 2.75) is 72.4 Å². The molecule has 0 aliphatic carbocycles. The van der Waals surface area contributed by atoms with Gasteiger partial charge in [0.05, 0.1) is 10.6 Å². The molecule has 0 aliphatic heterocycles. The molecule has 0 bridgehead atoms. The van der Waals surface area contributed by atoms with Gasteiger partial charge >= 0.3 is 0 Å². The summed E-state index contributed by atoms with van der Waals surface area (Å²) in [7, 11) is -4.11. The zero-order valence-electron chi connectivity index (χ0n) is 25.3. The molecule has 1 atom stereocenters. The van der Waals surface area contributed by atoms with Crippen molar-refractivity contribution in [1.29, 1.82) is 0 Å². The Balaban J connectivity index is 2.08. The highest BCUT2D eigenvalue weighted by Gasteiger charge is 2.34. The maximum atomic E-state index is 14.2. The van der Waals surface area contributed by atoms with Crippen LogP contribution < -0.4 is 9.62 Å². The summed E-state index contributed by atoms with van der Waals surface area (Å²) >= 11 is 0. The molecule has 1 N–H and O–H groups in total. The number of hydrogen-bond acceptors (Lipinski definition) is 4. The molecule has 3 aromatic rings. The lowest BCUT2D eigenvalue weighted by Crippen LogP contribution is -2.52. The lowest BCUT2D eigenvalue weighted by molar-refractivity contribution is -0.140. The standard InChI is InChI=1S/C33H43N3O4S/c1-8-30(33(38)34-20-23(2)3)35(21-28-15-10-24(4)11-16-28)32(37)22-36(31-19-26(6)9-14-27(31)7)41(39,40)29-17-12-25(5)13-18-29/h9-19,23,30H,8,20-22H2,1-7H3,(H,34,38)/t30-/m1/s1. The Labute approximate surface area is 245 Å². The molecule has 0 saturated carbocycles. The fourth-order valence-electron chi connectivity index (χ4n) is 4.57. The second-order valence-electron chi connectivity index (χ2n) is 11.2. The summed E-state index contributed by atoms with van der Waals surface area (Å²) in [5, 5.41) is 2.96. The van der Waals surface area contributed by atoms with E-state index >= 15 is 0 Å². The maximum absolute atomic E-state index is 14.2. The van der Waals surface area contributed by atoms with Gasteiger partial charge in [-0.2, -0.15) is 0 Å². The molecule has 41 heavy (non-hydrogen) atoms. The highest BCUT2D eigenvalue weighted by molar-refractivity contribution is 7.92. The van der Waals surface area contributed by atoms with E-state index in [-0.39, 0.29) is 23.3 Å². The molecular formula is C33H43N3O4S. The van der Waals surface area contributed by atoms with Crippen LogP contribution in [0.25, 0.3) is 0 Å². The summed E-state index contributed by atoms with van der Waals surface area (Å²) in [5.41, 5.74) is 4.91. The maximum Gasteiger partial charge on any atom is 0.264 e. The van der Waals surface area contributed by atoms with Crippen molar-refractivity contribution in [3.63, 3.8) is 0 Å². The van der Waals surface area contributed by atoms with Gasteiger partial charge in [0.1, 0.15) is 12.6 Å². The van der Waals surface area contributed by atoms with Crippen LogP contribution in [0.2, 0.25) is 0 Å². The number of benzene rings is 3. The average molecular weight is 578 g/mol. The zero-order chi connectivity index (χ0) is 30.3. The number of nitrogens with one attached hydrogen (secondary N) is 1. The van der Waals surface area contributed by atoms with E-state index in [4.69, 9.17) is 0 Å². The van der Waals surface area contributed by atoms with Crippen molar-refractivity contribution >= 4 is 27.5 Å². The molecular weight excluding hydrogens is 534 g/mol. The summed E-state index contributed by atoms with van der Waals surface area (Å²) in [5.74, 6) is -0.452. The van der Waals surface area contributed by atoms with Gasteiger partial charge in [0, 0.05) is 13.1 Å². The van der Waals surface area contributed by atoms with E-state index < -0.39 is 28.5 Å². The number of carbonyl (C=O) groups excluding carboxylic acids is 2. The molecule has 0 spiro atoms. The van der Waals surface area contributed by atoms with Crippen LogP contribution in [0.1, 0.15) is 55.0 Å². The predicted octanol–water partition coefficient (Wildman–Crippen LogP) is 5.70. The fraction of sp³-hybridized carbons (Fsp3) is 0.394. The van der Waals surface area contributed by atoms with Crippen LogP contribution in [-0.2, 0) is 26.2 Å². The highest BCUT2D eigenvalue weighted by atomic mass is 32.2. The second kappa shape index (κ2) is 13.8. The number of amides is 2. The Kier molecular flexibility index (Phi) is 10.7. The van der Waals surface area contributed by atoms with Crippen molar-refractivity contribution in [2.75, 3.05) is 17.4 Å². The molecule has 0 fully saturated rings. The monoisotopic (exact) mass is 577 g/mol. The fourth-order valence-corrected chi connectivity index (χ4v) is 6.04. The first-order valence-corrected chi connectivity index (χ1v) is 15.6. The molecule has 0 heterocycles. The minimum absolute atomic E-state index is 0.101. The van der Waals surface area contributed by atoms with Gasteiger partial charge in [0.25, 0.3) is 10.0 Å². The van der Waals surface area contributed by atoms with Gasteiger partial charge in [-0.25, -0.2) is 8.42 Å². The summed E-state index contributed by atoms with van der Waals surface area (Å²) < 4.78 is 29.4. The number of carbonyl (C=O) groups is 2. The molecule has 0 unspecified atom stereocenters. The average Bonchev–Trinajstić information content (AvgIpc) is 2.93. The topological polar surface area (TPSA) is 86.8 Å². The van der Waals surface area contributed by atoms with Crippen molar-refractivity contribution < 1.29 is 18.0 Å². The quantitative estimate of drug-likeness (QED) is 0.299. The molecule has 3 aromatic carbocycles. The van der Waals surface area contributed by atoms with E-state index in [1.165, 1.54) is 9.21 Å². The van der Waals surface area contributed by atoms with E-state index in [0.717, 1.165) is 27.8 Å². The first-order valence-electron chi connectivity index (χ1n) is 14.1. The number of aryl methyl sites for hydroxylation is 4. The molecule has 0 radical (unpaired) electrons. The van der Waals surface area contributed by atoms with Gasteiger partial charge in [-0.1, -0.05) is 80.4 Å². The highest BCUT2D eigenvalue weighted by Crippen LogP contribution is 2.29. The van der Waals surface area contributed by atoms with Crippen LogP contribution in [0, 0.1) is 33.6 Å². The van der Waals surface area contributed by atoms with Crippen LogP contribution in [0.5, 0.6) is 0 Å². The molecule has 2 amide bonds. The molecule has 220 valence electrons. The van der Waals surface area contributed by atoms with Crippen LogP contribution in [0.3, 0.4) is 0 Å². The largest absolute Gasteiger partial charge is 0.354 e. The molecule has 7 nitrogen and oxygen atoms in total. The Morgan fingerprint density at radius 1 is 0.829 bits per heavy atom. The molecule has 3 rings (SSSR count). The number of rotatable bonds is 12. The van der Waals surface area contributed by atoms with Gasteiger partial charge < -0.3 is 10.2 Å². The Bertz CT molecular complexity index is 1450. The smallest absolute Gasteiger partial charge is 0.264 e. The zero-order valence-corrected chi connectivity index (χ0v) is 26.1. The van der Waals surface area contributed by atoms with Crippen LogP contribution in [0.15, 0.2) is 71.6 Å². The van der Waals surface area contributed by atoms with E-state index in [1.807, 2.05) is 84.9 Å². The van der Waals surface area contributed by atoms with Crippen molar-refractivity contribution in [3.05, 3.63) is 94.5 Å². The summed E-state index contributed by atoms with van der Waals surface area (Å²) in [6.07, 6.45) is 0.385. The van der Waals surface area contributed by atoms with Crippen LogP contribution in [-0.4, -0.2) is 44.3 Å². The Morgan fingerprint density at radius 2 is 1.39 bits per heavy atom.